The van der Waals surface area contributed by atoms with Crippen LogP contribution in [0.3, 0.4) is 0 Å². The van der Waals surface area contributed by atoms with Crippen molar-refractivity contribution in [1.82, 2.24) is 4.90 Å². The molecule has 1 fully saturated rings. The summed E-state index contributed by atoms with van der Waals surface area (Å²) in [6.07, 6.45) is -3.14. The predicted molar refractivity (Wildman–Crippen MR) is 105 cm³/mol. The number of carboxylic acid groups (broad SMARTS) is 1. The van der Waals surface area contributed by atoms with Crippen LogP contribution in [0, 0.1) is 5.92 Å². The Hall–Kier alpha value is -2.74. The highest BCUT2D eigenvalue weighted by Crippen LogP contribution is 2.38. The first-order valence-electron chi connectivity index (χ1n) is 9.60. The number of carboxylic acids is 1. The zero-order valence-electron chi connectivity index (χ0n) is 16.8. The van der Waals surface area contributed by atoms with Gasteiger partial charge in [0.25, 0.3) is 0 Å². The fourth-order valence-corrected chi connectivity index (χ4v) is 3.93. The summed E-state index contributed by atoms with van der Waals surface area (Å²) in [5.41, 5.74) is 0.721. The van der Waals surface area contributed by atoms with Gasteiger partial charge < -0.3 is 14.6 Å². The highest BCUT2D eigenvalue weighted by Gasteiger charge is 2.33. The highest BCUT2D eigenvalue weighted by molar-refractivity contribution is 5.70. The maximum absolute atomic E-state index is 13.0. The Bertz CT molecular complexity index is 883. The normalized spacial score (nSPS) is 18.6. The first-order valence-corrected chi connectivity index (χ1v) is 9.60. The number of hydrogen-bond donors (Lipinski definition) is 1. The van der Waals surface area contributed by atoms with Crippen molar-refractivity contribution in [2.45, 2.75) is 25.1 Å². The summed E-state index contributed by atoms with van der Waals surface area (Å²) in [6.45, 7) is 0.958. The summed E-state index contributed by atoms with van der Waals surface area (Å²) < 4.78 is 49.7. The summed E-state index contributed by atoms with van der Waals surface area (Å²) in [5, 5.41) is 9.47. The lowest BCUT2D eigenvalue weighted by Gasteiger charge is -2.37. The molecule has 2 atom stereocenters. The van der Waals surface area contributed by atoms with Gasteiger partial charge in [-0.3, -0.25) is 9.69 Å². The summed E-state index contributed by atoms with van der Waals surface area (Å²) in [4.78, 5) is 13.6. The number of alkyl halides is 3. The highest BCUT2D eigenvalue weighted by atomic mass is 19.4. The van der Waals surface area contributed by atoms with Gasteiger partial charge in [0.15, 0.2) is 11.5 Å². The number of halogens is 3. The number of benzene rings is 2. The van der Waals surface area contributed by atoms with Crippen LogP contribution >= 0.6 is 0 Å². The second-order valence-electron chi connectivity index (χ2n) is 7.31. The van der Waals surface area contributed by atoms with Crippen molar-refractivity contribution in [1.29, 1.82) is 0 Å². The number of piperidine rings is 1. The van der Waals surface area contributed by atoms with Crippen molar-refractivity contribution in [3.63, 3.8) is 0 Å². The molecule has 30 heavy (non-hydrogen) atoms. The molecule has 5 nitrogen and oxygen atoms in total. The van der Waals surface area contributed by atoms with Crippen LogP contribution in [0.5, 0.6) is 11.5 Å². The van der Waals surface area contributed by atoms with E-state index >= 15 is 0 Å². The van der Waals surface area contributed by atoms with Crippen molar-refractivity contribution < 1.29 is 32.5 Å². The Labute approximate surface area is 173 Å². The topological polar surface area (TPSA) is 59.0 Å². The SMILES string of the molecule is COc1ccc(C(c2ccc(C(F)(F)F)cc2)N2CCCC(C(=O)O)C2)cc1OC. The van der Waals surface area contributed by atoms with Gasteiger partial charge in [-0.2, -0.15) is 13.2 Å². The monoisotopic (exact) mass is 423 g/mol. The number of likely N-dealkylation sites (tertiary alicyclic amines) is 1. The molecule has 1 aliphatic heterocycles. The second-order valence-corrected chi connectivity index (χ2v) is 7.31. The molecule has 8 heteroatoms. The van der Waals surface area contributed by atoms with Crippen molar-refractivity contribution >= 4 is 5.97 Å². The molecule has 2 aromatic rings. The Balaban J connectivity index is 2.04. The van der Waals surface area contributed by atoms with E-state index in [1.54, 1.807) is 12.1 Å². The molecule has 0 saturated carbocycles. The van der Waals surface area contributed by atoms with Gasteiger partial charge in [-0.25, -0.2) is 0 Å². The molecule has 0 bridgehead atoms. The third-order valence-electron chi connectivity index (χ3n) is 5.44. The molecule has 3 rings (SSSR count). The van der Waals surface area contributed by atoms with Crippen LogP contribution in [0.25, 0.3) is 0 Å². The summed E-state index contributed by atoms with van der Waals surface area (Å²) in [5.74, 6) is -0.345. The van der Waals surface area contributed by atoms with Crippen LogP contribution < -0.4 is 9.47 Å². The van der Waals surface area contributed by atoms with Crippen molar-refractivity contribution in [3.05, 3.63) is 59.2 Å². The van der Waals surface area contributed by atoms with Gasteiger partial charge >= 0.3 is 12.1 Å². The Morgan fingerprint density at radius 2 is 1.70 bits per heavy atom. The molecular weight excluding hydrogens is 399 g/mol. The number of rotatable bonds is 6. The number of hydrogen-bond acceptors (Lipinski definition) is 4. The van der Waals surface area contributed by atoms with Crippen LogP contribution in [-0.2, 0) is 11.0 Å². The number of methoxy groups -OCH3 is 2. The van der Waals surface area contributed by atoms with E-state index in [9.17, 15) is 23.1 Å². The predicted octanol–water partition coefficient (Wildman–Crippen LogP) is 4.61. The lowest BCUT2D eigenvalue weighted by Crippen LogP contribution is -2.41. The molecule has 1 aliphatic rings. The number of carbonyl (C=O) groups is 1. The summed E-state index contributed by atoms with van der Waals surface area (Å²) in [7, 11) is 3.03. The van der Waals surface area contributed by atoms with Crippen LogP contribution in [0.1, 0.15) is 35.6 Å². The molecule has 0 amide bonds. The van der Waals surface area contributed by atoms with Gasteiger partial charge in [-0.15, -0.1) is 0 Å². The molecule has 2 unspecified atom stereocenters. The molecule has 1 N–H and O–H groups in total. The standard InChI is InChI=1S/C22H24F3NO4/c1-29-18-10-7-15(12-19(18)30-2)20(26-11-3-4-16(13-26)21(27)28)14-5-8-17(9-6-14)22(23,24)25/h5-10,12,16,20H,3-4,11,13H2,1-2H3,(H,27,28). The lowest BCUT2D eigenvalue weighted by molar-refractivity contribution is -0.144. The molecule has 162 valence electrons. The first-order chi connectivity index (χ1) is 14.2. The van der Waals surface area contributed by atoms with E-state index in [0.29, 0.717) is 43.0 Å². The van der Waals surface area contributed by atoms with Gasteiger partial charge in [0, 0.05) is 6.54 Å². The zero-order valence-corrected chi connectivity index (χ0v) is 16.8. The van der Waals surface area contributed by atoms with Crippen LogP contribution in [0.2, 0.25) is 0 Å². The van der Waals surface area contributed by atoms with Crippen molar-refractivity contribution in [2.24, 2.45) is 5.92 Å². The maximum Gasteiger partial charge on any atom is 0.416 e. The smallest absolute Gasteiger partial charge is 0.416 e. The van der Waals surface area contributed by atoms with Gasteiger partial charge in [-0.05, 0) is 54.8 Å². The van der Waals surface area contributed by atoms with Crippen LogP contribution in [0.15, 0.2) is 42.5 Å². The van der Waals surface area contributed by atoms with E-state index in [4.69, 9.17) is 9.47 Å². The molecule has 0 aliphatic carbocycles. The molecule has 1 heterocycles. The van der Waals surface area contributed by atoms with E-state index in [1.807, 2.05) is 11.0 Å². The third kappa shape index (κ3) is 4.70. The van der Waals surface area contributed by atoms with Gasteiger partial charge in [0.05, 0.1) is 31.7 Å². The third-order valence-corrected chi connectivity index (χ3v) is 5.44. The quantitative estimate of drug-likeness (QED) is 0.736. The Morgan fingerprint density at radius 1 is 1.07 bits per heavy atom. The van der Waals surface area contributed by atoms with E-state index in [1.165, 1.54) is 26.4 Å². The number of ether oxygens (including phenoxy) is 2. The molecule has 1 saturated heterocycles. The van der Waals surface area contributed by atoms with Crippen LogP contribution in [0.4, 0.5) is 13.2 Å². The largest absolute Gasteiger partial charge is 0.493 e. The minimum atomic E-state index is -4.42. The lowest BCUT2D eigenvalue weighted by atomic mass is 9.91. The minimum absolute atomic E-state index is 0.315. The molecule has 0 spiro atoms. The first kappa shape index (κ1) is 22.0. The van der Waals surface area contributed by atoms with Crippen molar-refractivity contribution in [2.75, 3.05) is 27.3 Å². The molecule has 0 radical (unpaired) electrons. The average Bonchev–Trinajstić information content (AvgIpc) is 2.73. The van der Waals surface area contributed by atoms with Crippen LogP contribution in [-0.4, -0.2) is 43.3 Å². The molecule has 0 aromatic heterocycles. The van der Waals surface area contributed by atoms with Crippen molar-refractivity contribution in [3.8, 4) is 11.5 Å². The second kappa shape index (κ2) is 8.95. The Morgan fingerprint density at radius 3 is 2.27 bits per heavy atom. The Kier molecular flexibility index (Phi) is 6.55. The minimum Gasteiger partial charge on any atom is -0.493 e. The zero-order chi connectivity index (χ0) is 21.9. The van der Waals surface area contributed by atoms with E-state index in [-0.39, 0.29) is 0 Å². The average molecular weight is 423 g/mol. The number of nitrogens with zero attached hydrogens (tertiary/aromatic N) is 1. The maximum atomic E-state index is 13.0. The fourth-order valence-electron chi connectivity index (χ4n) is 3.93. The van der Waals surface area contributed by atoms with Gasteiger partial charge in [0.1, 0.15) is 0 Å². The number of aliphatic carboxylic acids is 1. The van der Waals surface area contributed by atoms with E-state index in [0.717, 1.165) is 17.7 Å². The summed E-state index contributed by atoms with van der Waals surface area (Å²) in [6, 6.07) is 9.96. The van der Waals surface area contributed by atoms with E-state index in [2.05, 4.69) is 0 Å². The van der Waals surface area contributed by atoms with E-state index < -0.39 is 29.7 Å². The fraction of sp³-hybridized carbons (Fsp3) is 0.409. The summed E-state index contributed by atoms with van der Waals surface area (Å²) >= 11 is 0. The van der Waals surface area contributed by atoms with Gasteiger partial charge in [-0.1, -0.05) is 18.2 Å². The molecule has 2 aromatic carbocycles. The van der Waals surface area contributed by atoms with Gasteiger partial charge in [0.2, 0.25) is 0 Å². The molecular formula is C22H24F3NO4.